The molecular formula is C31H42N4O5. The number of ether oxygens (including phenoxy) is 1. The molecular weight excluding hydrogens is 508 g/mol. The predicted molar refractivity (Wildman–Crippen MR) is 154 cm³/mol. The quantitative estimate of drug-likeness (QED) is 0.459. The van der Waals surface area contributed by atoms with E-state index in [9.17, 15) is 19.5 Å². The van der Waals surface area contributed by atoms with Gasteiger partial charge in [-0.3, -0.25) is 9.59 Å². The van der Waals surface area contributed by atoms with E-state index in [-0.39, 0.29) is 48.9 Å². The molecule has 3 atom stereocenters. The van der Waals surface area contributed by atoms with E-state index in [0.717, 1.165) is 31.2 Å². The van der Waals surface area contributed by atoms with Crippen LogP contribution in [0.3, 0.4) is 0 Å². The average molecular weight is 551 g/mol. The SMILES string of the molecule is C[C@H](CO)N1C[C@H](C)[C@H](CN(C)C(=O)NC2CCCCC2)Oc2ccc(NC(=O)Cc3ccccc3)cc2C1=O. The molecule has 1 fully saturated rings. The molecule has 1 aliphatic heterocycles. The van der Waals surface area contributed by atoms with E-state index < -0.39 is 6.04 Å². The Morgan fingerprint density at radius 2 is 1.85 bits per heavy atom. The third-order valence-corrected chi connectivity index (χ3v) is 7.89. The Bertz CT molecular complexity index is 1170. The van der Waals surface area contributed by atoms with Gasteiger partial charge >= 0.3 is 6.03 Å². The molecule has 0 unspecified atom stereocenters. The van der Waals surface area contributed by atoms with E-state index in [1.165, 1.54) is 6.42 Å². The summed E-state index contributed by atoms with van der Waals surface area (Å²) in [7, 11) is 1.76. The molecule has 4 rings (SSSR count). The van der Waals surface area contributed by atoms with Gasteiger partial charge in [0.15, 0.2) is 0 Å². The van der Waals surface area contributed by atoms with Crippen LogP contribution in [0.25, 0.3) is 0 Å². The third kappa shape index (κ3) is 7.53. The van der Waals surface area contributed by atoms with Crippen LogP contribution in [0.5, 0.6) is 5.75 Å². The molecule has 0 radical (unpaired) electrons. The summed E-state index contributed by atoms with van der Waals surface area (Å²) in [5, 5.41) is 15.9. The Kier molecular flexibility index (Phi) is 10.0. The molecule has 4 amide bonds. The number of rotatable bonds is 8. The number of carbonyl (C=O) groups is 3. The predicted octanol–water partition coefficient (Wildman–Crippen LogP) is 4.06. The fraction of sp³-hybridized carbons (Fsp3) is 0.516. The summed E-state index contributed by atoms with van der Waals surface area (Å²) >= 11 is 0. The third-order valence-electron chi connectivity index (χ3n) is 7.89. The molecule has 2 aromatic rings. The Morgan fingerprint density at radius 1 is 1.12 bits per heavy atom. The Balaban J connectivity index is 1.53. The monoisotopic (exact) mass is 550 g/mol. The van der Waals surface area contributed by atoms with Crippen LogP contribution >= 0.6 is 0 Å². The lowest BCUT2D eigenvalue weighted by Gasteiger charge is -2.38. The fourth-order valence-electron chi connectivity index (χ4n) is 5.39. The molecule has 40 heavy (non-hydrogen) atoms. The Hall–Kier alpha value is -3.59. The zero-order valence-corrected chi connectivity index (χ0v) is 23.8. The molecule has 0 spiro atoms. The maximum Gasteiger partial charge on any atom is 0.317 e. The first-order chi connectivity index (χ1) is 19.2. The topological polar surface area (TPSA) is 111 Å². The zero-order chi connectivity index (χ0) is 28.6. The van der Waals surface area contributed by atoms with Gasteiger partial charge in [-0.2, -0.15) is 0 Å². The van der Waals surface area contributed by atoms with E-state index in [2.05, 4.69) is 10.6 Å². The largest absolute Gasteiger partial charge is 0.487 e. The summed E-state index contributed by atoms with van der Waals surface area (Å²) in [6.07, 6.45) is 5.32. The molecule has 1 saturated carbocycles. The normalized spacial score (nSPS) is 20.4. The summed E-state index contributed by atoms with van der Waals surface area (Å²) < 4.78 is 6.40. The molecule has 0 bridgehead atoms. The molecule has 9 heteroatoms. The van der Waals surface area contributed by atoms with E-state index in [4.69, 9.17) is 4.74 Å². The van der Waals surface area contributed by atoms with Crippen molar-refractivity contribution in [2.24, 2.45) is 5.92 Å². The van der Waals surface area contributed by atoms with Gasteiger partial charge in [0.2, 0.25) is 5.91 Å². The van der Waals surface area contributed by atoms with Gasteiger partial charge in [-0.05, 0) is 43.5 Å². The highest BCUT2D eigenvalue weighted by Gasteiger charge is 2.34. The second kappa shape index (κ2) is 13.7. The second-order valence-electron chi connectivity index (χ2n) is 11.2. The summed E-state index contributed by atoms with van der Waals surface area (Å²) in [6, 6.07) is 14.2. The number of fused-ring (bicyclic) bond motifs is 1. The summed E-state index contributed by atoms with van der Waals surface area (Å²) in [5.41, 5.74) is 1.69. The summed E-state index contributed by atoms with van der Waals surface area (Å²) in [5.74, 6) is -0.187. The average Bonchev–Trinajstić information content (AvgIpc) is 2.95. The van der Waals surface area contributed by atoms with Crippen LogP contribution < -0.4 is 15.4 Å². The van der Waals surface area contributed by atoms with Crippen molar-refractivity contribution in [1.82, 2.24) is 15.1 Å². The molecule has 2 aromatic carbocycles. The first-order valence-corrected chi connectivity index (χ1v) is 14.3. The van der Waals surface area contributed by atoms with Crippen LogP contribution in [0.2, 0.25) is 0 Å². The minimum Gasteiger partial charge on any atom is -0.487 e. The second-order valence-corrected chi connectivity index (χ2v) is 11.2. The Morgan fingerprint density at radius 3 is 2.55 bits per heavy atom. The van der Waals surface area contributed by atoms with Crippen molar-refractivity contribution in [2.75, 3.05) is 32.1 Å². The minimum atomic E-state index is -0.412. The highest BCUT2D eigenvalue weighted by Crippen LogP contribution is 2.31. The van der Waals surface area contributed by atoms with Crippen molar-refractivity contribution in [3.63, 3.8) is 0 Å². The molecule has 0 aromatic heterocycles. The van der Waals surface area contributed by atoms with Crippen LogP contribution in [-0.4, -0.2) is 77.7 Å². The number of nitrogens with zero attached hydrogens (tertiary/aromatic N) is 2. The lowest BCUT2D eigenvalue weighted by atomic mass is 9.96. The van der Waals surface area contributed by atoms with Gasteiger partial charge in [0, 0.05) is 31.2 Å². The smallest absolute Gasteiger partial charge is 0.317 e. The van der Waals surface area contributed by atoms with E-state index in [1.807, 2.05) is 37.3 Å². The van der Waals surface area contributed by atoms with Crippen molar-refractivity contribution in [2.45, 2.75) is 70.6 Å². The van der Waals surface area contributed by atoms with Crippen LogP contribution in [0.15, 0.2) is 48.5 Å². The van der Waals surface area contributed by atoms with Crippen molar-refractivity contribution >= 4 is 23.5 Å². The number of nitrogens with one attached hydrogen (secondary N) is 2. The molecule has 3 N–H and O–H groups in total. The lowest BCUT2D eigenvalue weighted by molar-refractivity contribution is -0.115. The van der Waals surface area contributed by atoms with Gasteiger partial charge in [0.05, 0.1) is 31.2 Å². The Labute approximate surface area is 236 Å². The van der Waals surface area contributed by atoms with Crippen molar-refractivity contribution in [3.05, 3.63) is 59.7 Å². The number of hydrogen-bond donors (Lipinski definition) is 3. The molecule has 1 heterocycles. The van der Waals surface area contributed by atoms with Gasteiger partial charge < -0.3 is 30.3 Å². The molecule has 1 aliphatic carbocycles. The van der Waals surface area contributed by atoms with Crippen molar-refractivity contribution in [1.29, 1.82) is 0 Å². The van der Waals surface area contributed by atoms with Crippen LogP contribution in [-0.2, 0) is 11.2 Å². The van der Waals surface area contributed by atoms with Crippen LogP contribution in [0.4, 0.5) is 10.5 Å². The maximum absolute atomic E-state index is 13.7. The van der Waals surface area contributed by atoms with Crippen LogP contribution in [0.1, 0.15) is 61.9 Å². The highest BCUT2D eigenvalue weighted by molar-refractivity contribution is 6.00. The lowest BCUT2D eigenvalue weighted by Crippen LogP contribution is -2.52. The summed E-state index contributed by atoms with van der Waals surface area (Å²) in [4.78, 5) is 42.6. The molecule has 0 saturated heterocycles. The number of aliphatic hydroxyl groups is 1. The zero-order valence-electron chi connectivity index (χ0n) is 23.8. The number of anilines is 1. The number of aliphatic hydroxyl groups excluding tert-OH is 1. The first kappa shape index (κ1) is 29.4. The molecule has 2 aliphatic rings. The van der Waals surface area contributed by atoms with Gasteiger partial charge in [0.25, 0.3) is 5.91 Å². The first-order valence-electron chi connectivity index (χ1n) is 14.3. The van der Waals surface area contributed by atoms with E-state index in [0.29, 0.717) is 30.1 Å². The molecule has 216 valence electrons. The van der Waals surface area contributed by atoms with Gasteiger partial charge in [-0.25, -0.2) is 4.79 Å². The minimum absolute atomic E-state index is 0.110. The maximum atomic E-state index is 13.7. The number of hydrogen-bond acceptors (Lipinski definition) is 5. The van der Waals surface area contributed by atoms with E-state index in [1.54, 1.807) is 42.0 Å². The van der Waals surface area contributed by atoms with Gasteiger partial charge in [0.1, 0.15) is 11.9 Å². The number of benzene rings is 2. The van der Waals surface area contributed by atoms with Gasteiger partial charge in [-0.1, -0.05) is 56.5 Å². The highest BCUT2D eigenvalue weighted by atomic mass is 16.5. The van der Waals surface area contributed by atoms with Gasteiger partial charge in [-0.15, -0.1) is 0 Å². The van der Waals surface area contributed by atoms with Crippen LogP contribution in [0, 0.1) is 5.92 Å². The number of carbonyl (C=O) groups excluding carboxylic acids is 3. The molecule has 9 nitrogen and oxygen atoms in total. The van der Waals surface area contributed by atoms with E-state index >= 15 is 0 Å². The number of likely N-dealkylation sites (N-methyl/N-ethyl adjacent to an activating group) is 1. The number of urea groups is 1. The fourth-order valence-corrected chi connectivity index (χ4v) is 5.39. The number of amides is 4. The van der Waals surface area contributed by atoms with Crippen molar-refractivity contribution in [3.8, 4) is 5.75 Å². The summed E-state index contributed by atoms with van der Waals surface area (Å²) in [6.45, 7) is 4.30. The van der Waals surface area contributed by atoms with Crippen molar-refractivity contribution < 1.29 is 24.2 Å². The standard InChI is InChI=1S/C31H42N4O5/c1-21-18-35(22(2)20-36)30(38)26-17-25(32-29(37)16-23-10-6-4-7-11-23)14-15-27(26)40-28(21)19-34(3)31(39)33-24-12-8-5-9-13-24/h4,6-7,10-11,14-15,17,21-22,24,28,36H,5,8-9,12-13,16,18-20H2,1-3H3,(H,32,37)(H,33,39)/t21-,22+,28-/m0/s1.